The van der Waals surface area contributed by atoms with Crippen molar-refractivity contribution < 1.29 is 0 Å². The summed E-state index contributed by atoms with van der Waals surface area (Å²) in [5.74, 6) is 3.21. The van der Waals surface area contributed by atoms with Crippen LogP contribution in [0.3, 0.4) is 0 Å². The predicted molar refractivity (Wildman–Crippen MR) is 83.9 cm³/mol. The van der Waals surface area contributed by atoms with Crippen LogP contribution in [0.1, 0.15) is 24.8 Å². The van der Waals surface area contributed by atoms with Crippen molar-refractivity contribution in [2.75, 3.05) is 16.8 Å². The van der Waals surface area contributed by atoms with Crippen LogP contribution in [0.4, 0.5) is 17.5 Å². The van der Waals surface area contributed by atoms with Crippen LogP contribution in [0, 0.1) is 17.2 Å². The molecule has 1 N–H and O–H groups in total. The van der Waals surface area contributed by atoms with Gasteiger partial charge in [0.05, 0.1) is 11.8 Å². The van der Waals surface area contributed by atoms with Crippen LogP contribution in [0.2, 0.25) is 0 Å². The molecule has 2 bridgehead atoms. The largest absolute Gasteiger partial charge is 0.353 e. The summed E-state index contributed by atoms with van der Waals surface area (Å²) in [7, 11) is 1.86. The molecule has 6 heteroatoms. The maximum absolute atomic E-state index is 9.31. The highest BCUT2D eigenvalue weighted by atomic mass is 15.3. The average molecular weight is 294 g/mol. The molecular formula is C16H18N6. The Kier molecular flexibility index (Phi) is 3.00. The van der Waals surface area contributed by atoms with E-state index in [0.717, 1.165) is 24.1 Å². The van der Waals surface area contributed by atoms with Gasteiger partial charge in [-0.15, -0.1) is 0 Å². The molecule has 2 atom stereocenters. The smallest absolute Gasteiger partial charge is 0.151 e. The third kappa shape index (κ3) is 2.10. The Balaban J connectivity index is 1.66. The van der Waals surface area contributed by atoms with Gasteiger partial charge in [-0.3, -0.25) is 4.68 Å². The fourth-order valence-electron chi connectivity index (χ4n) is 3.62. The summed E-state index contributed by atoms with van der Waals surface area (Å²) in [4.78, 5) is 7.10. The number of anilines is 3. The van der Waals surface area contributed by atoms with Gasteiger partial charge < -0.3 is 10.2 Å². The van der Waals surface area contributed by atoms with Crippen LogP contribution in [-0.2, 0) is 7.05 Å². The zero-order valence-electron chi connectivity index (χ0n) is 12.5. The maximum Gasteiger partial charge on any atom is 0.151 e. The van der Waals surface area contributed by atoms with Crippen molar-refractivity contribution in [2.45, 2.75) is 25.3 Å². The van der Waals surface area contributed by atoms with E-state index in [0.29, 0.717) is 17.4 Å². The summed E-state index contributed by atoms with van der Waals surface area (Å²) in [5.41, 5.74) is 0.550. The zero-order chi connectivity index (χ0) is 15.1. The summed E-state index contributed by atoms with van der Waals surface area (Å²) in [6, 6.07) is 8.51. The van der Waals surface area contributed by atoms with Crippen LogP contribution < -0.4 is 10.2 Å². The van der Waals surface area contributed by atoms with Gasteiger partial charge in [-0.2, -0.15) is 10.4 Å². The van der Waals surface area contributed by atoms with Crippen molar-refractivity contribution in [3.63, 3.8) is 0 Å². The molecule has 1 aliphatic heterocycles. The molecule has 3 heterocycles. The second-order valence-corrected chi connectivity index (χ2v) is 6.13. The van der Waals surface area contributed by atoms with Gasteiger partial charge in [0.25, 0.3) is 0 Å². The molecule has 2 fully saturated rings. The van der Waals surface area contributed by atoms with Crippen LogP contribution in [-0.4, -0.2) is 27.4 Å². The molecule has 0 aromatic carbocycles. The Bertz CT molecular complexity index is 743. The number of nitriles is 1. The Labute approximate surface area is 129 Å². The Morgan fingerprint density at radius 3 is 2.86 bits per heavy atom. The van der Waals surface area contributed by atoms with E-state index in [4.69, 9.17) is 4.98 Å². The van der Waals surface area contributed by atoms with Crippen molar-refractivity contribution in [3.05, 3.63) is 30.0 Å². The molecule has 22 heavy (non-hydrogen) atoms. The lowest BCUT2D eigenvalue weighted by atomic mass is 10.1. The summed E-state index contributed by atoms with van der Waals surface area (Å²) < 4.78 is 1.73. The van der Waals surface area contributed by atoms with Crippen LogP contribution >= 0.6 is 0 Å². The first-order valence-corrected chi connectivity index (χ1v) is 7.67. The number of aromatic nitrogens is 3. The highest BCUT2D eigenvalue weighted by molar-refractivity contribution is 5.63. The molecule has 2 aromatic heterocycles. The van der Waals surface area contributed by atoms with Gasteiger partial charge in [-0.1, -0.05) is 0 Å². The molecule has 112 valence electrons. The third-order valence-electron chi connectivity index (χ3n) is 4.77. The predicted octanol–water partition coefficient (Wildman–Crippen LogP) is 2.42. The van der Waals surface area contributed by atoms with Crippen LogP contribution in [0.15, 0.2) is 24.4 Å². The number of piperidine rings is 1. The van der Waals surface area contributed by atoms with E-state index in [9.17, 15) is 5.26 Å². The van der Waals surface area contributed by atoms with Gasteiger partial charge in [0, 0.05) is 25.7 Å². The molecule has 0 spiro atoms. The number of nitrogens with zero attached hydrogens (tertiary/aromatic N) is 5. The van der Waals surface area contributed by atoms with Crippen molar-refractivity contribution in [1.82, 2.24) is 14.8 Å². The summed E-state index contributed by atoms with van der Waals surface area (Å²) >= 11 is 0. The molecule has 0 radical (unpaired) electrons. The first kappa shape index (κ1) is 13.1. The van der Waals surface area contributed by atoms with Crippen molar-refractivity contribution in [3.8, 4) is 6.07 Å². The Morgan fingerprint density at radius 2 is 2.23 bits per heavy atom. The lowest BCUT2D eigenvalue weighted by molar-refractivity contribution is 0.550. The fourth-order valence-corrected chi connectivity index (χ4v) is 3.62. The minimum Gasteiger partial charge on any atom is -0.353 e. The highest BCUT2D eigenvalue weighted by Gasteiger charge is 2.38. The summed E-state index contributed by atoms with van der Waals surface area (Å²) in [5, 5.41) is 16.7. The topological polar surface area (TPSA) is 69.8 Å². The van der Waals surface area contributed by atoms with E-state index >= 15 is 0 Å². The number of aryl methyl sites for hydroxylation is 1. The minimum atomic E-state index is 0.550. The summed E-state index contributed by atoms with van der Waals surface area (Å²) in [6.45, 7) is 1.09. The third-order valence-corrected chi connectivity index (χ3v) is 4.77. The first-order valence-electron chi connectivity index (χ1n) is 7.67. The highest BCUT2D eigenvalue weighted by Crippen LogP contribution is 2.40. The van der Waals surface area contributed by atoms with Crippen LogP contribution in [0.25, 0.3) is 0 Å². The minimum absolute atomic E-state index is 0.550. The molecule has 1 aliphatic carbocycles. The summed E-state index contributed by atoms with van der Waals surface area (Å²) in [6.07, 6.45) is 5.61. The lowest BCUT2D eigenvalue weighted by Crippen LogP contribution is -2.32. The van der Waals surface area contributed by atoms with Gasteiger partial charge in [-0.05, 0) is 37.3 Å². The molecular weight excluding hydrogens is 276 g/mol. The van der Waals surface area contributed by atoms with E-state index < -0.39 is 0 Å². The quantitative estimate of drug-likeness (QED) is 0.941. The second kappa shape index (κ2) is 5.02. The molecule has 1 saturated carbocycles. The number of hydrogen-bond donors (Lipinski definition) is 1. The van der Waals surface area contributed by atoms with Gasteiger partial charge >= 0.3 is 0 Å². The van der Waals surface area contributed by atoms with Gasteiger partial charge in [-0.25, -0.2) is 4.98 Å². The fraction of sp³-hybridized carbons (Fsp3) is 0.438. The number of nitrogens with one attached hydrogen (secondary N) is 1. The normalized spacial score (nSPS) is 22.8. The van der Waals surface area contributed by atoms with Gasteiger partial charge in [0.2, 0.25) is 0 Å². The molecule has 4 rings (SSSR count). The van der Waals surface area contributed by atoms with Crippen molar-refractivity contribution >= 4 is 17.5 Å². The van der Waals surface area contributed by atoms with Crippen molar-refractivity contribution in [1.29, 1.82) is 5.26 Å². The van der Waals surface area contributed by atoms with E-state index in [1.54, 1.807) is 10.9 Å². The molecule has 6 nitrogen and oxygen atoms in total. The van der Waals surface area contributed by atoms with E-state index in [-0.39, 0.29) is 0 Å². The number of pyridine rings is 1. The monoisotopic (exact) mass is 294 g/mol. The molecule has 0 amide bonds. The Hall–Kier alpha value is -2.55. The number of fused-ring (bicyclic) bond motifs is 2. The molecule has 2 unspecified atom stereocenters. The van der Waals surface area contributed by atoms with Gasteiger partial charge in [0.15, 0.2) is 5.82 Å². The van der Waals surface area contributed by atoms with Crippen molar-refractivity contribution in [2.24, 2.45) is 13.0 Å². The van der Waals surface area contributed by atoms with Gasteiger partial charge in [0.1, 0.15) is 17.7 Å². The lowest BCUT2D eigenvalue weighted by Gasteiger charge is -2.28. The first-order chi connectivity index (χ1) is 10.7. The van der Waals surface area contributed by atoms with E-state index in [1.165, 1.54) is 19.3 Å². The zero-order valence-corrected chi connectivity index (χ0v) is 12.5. The maximum atomic E-state index is 9.31. The van der Waals surface area contributed by atoms with E-state index in [1.807, 2.05) is 25.2 Å². The molecule has 2 aliphatic rings. The van der Waals surface area contributed by atoms with Crippen LogP contribution in [0.5, 0.6) is 0 Å². The second-order valence-electron chi connectivity index (χ2n) is 6.13. The standard InChI is InChI=1S/C16H18N6/c1-21-14(6-7-18-21)19-16-12(9-17)3-5-15(20-16)22-10-11-2-4-13(22)8-11/h3,5-7,11,13H,2,4,8,10H2,1H3,(H,19,20). The average Bonchev–Trinajstić information content (AvgIpc) is 3.25. The Morgan fingerprint density at radius 1 is 1.32 bits per heavy atom. The number of rotatable bonds is 3. The number of hydrogen-bond acceptors (Lipinski definition) is 5. The molecule has 2 aromatic rings. The molecule has 1 saturated heterocycles. The SMILES string of the molecule is Cn1nccc1Nc1nc(N2CC3CCC2C3)ccc1C#N. The van der Waals surface area contributed by atoms with E-state index in [2.05, 4.69) is 21.4 Å².